The van der Waals surface area contributed by atoms with Gasteiger partial charge in [-0.15, -0.1) is 0 Å². The van der Waals surface area contributed by atoms with E-state index in [1.807, 2.05) is 47.4 Å². The van der Waals surface area contributed by atoms with Gasteiger partial charge in [0.1, 0.15) is 16.4 Å². The van der Waals surface area contributed by atoms with E-state index in [1.165, 1.54) is 0 Å². The maximum absolute atomic E-state index is 11.3. The number of nitrogens with zero attached hydrogens (tertiary/aromatic N) is 3. The molecule has 8 heteroatoms. The first-order chi connectivity index (χ1) is 14.0. The zero-order chi connectivity index (χ0) is 20.4. The predicted octanol–water partition coefficient (Wildman–Crippen LogP) is 5.12. The van der Waals surface area contributed by atoms with Crippen LogP contribution in [0.25, 0.3) is 11.3 Å². The lowest BCUT2D eigenvalue weighted by Crippen LogP contribution is -2.48. The number of thiocarbonyl (C=S) groups is 1. The zero-order valence-electron chi connectivity index (χ0n) is 15.5. The van der Waals surface area contributed by atoms with Crippen molar-refractivity contribution in [2.24, 2.45) is 0 Å². The summed E-state index contributed by atoms with van der Waals surface area (Å²) in [6, 6.07) is 18.6. The molecule has 0 saturated carbocycles. The van der Waals surface area contributed by atoms with Gasteiger partial charge in [0, 0.05) is 42.3 Å². The summed E-state index contributed by atoms with van der Waals surface area (Å²) in [5.74, 6) is 1.44. The van der Waals surface area contributed by atoms with E-state index in [0.717, 1.165) is 15.8 Å². The number of furan rings is 1. The third kappa shape index (κ3) is 4.18. The molecule has 29 heavy (non-hydrogen) atoms. The van der Waals surface area contributed by atoms with Crippen molar-refractivity contribution in [3.05, 3.63) is 81.0 Å². The quantitative estimate of drug-likeness (QED) is 0.299. The van der Waals surface area contributed by atoms with E-state index in [9.17, 15) is 10.1 Å². The molecule has 1 aliphatic rings. The van der Waals surface area contributed by atoms with Crippen molar-refractivity contribution in [2.75, 3.05) is 31.1 Å². The first-order valence-electron chi connectivity index (χ1n) is 9.16. The lowest BCUT2D eigenvalue weighted by Gasteiger charge is -2.36. The van der Waals surface area contributed by atoms with Crippen molar-refractivity contribution in [3.8, 4) is 11.3 Å². The molecule has 1 aliphatic heterocycles. The molecule has 0 unspecified atom stereocenters. The second-order valence-corrected chi connectivity index (χ2v) is 8.00. The van der Waals surface area contributed by atoms with Crippen molar-refractivity contribution in [2.45, 2.75) is 0 Å². The van der Waals surface area contributed by atoms with Crippen LogP contribution >= 0.6 is 28.1 Å². The molecular formula is C21H18BrN3O3S. The number of hydrogen-bond acceptors (Lipinski definition) is 5. The number of piperazine rings is 1. The summed E-state index contributed by atoms with van der Waals surface area (Å²) in [4.78, 5) is 15.7. The van der Waals surface area contributed by atoms with Crippen LogP contribution in [0.4, 0.5) is 11.4 Å². The minimum absolute atomic E-state index is 0.133. The third-order valence-electron chi connectivity index (χ3n) is 4.93. The predicted molar refractivity (Wildman–Crippen MR) is 120 cm³/mol. The third-order valence-corrected chi connectivity index (χ3v) is 5.92. The van der Waals surface area contributed by atoms with E-state index in [4.69, 9.17) is 16.6 Å². The summed E-state index contributed by atoms with van der Waals surface area (Å²) in [5.41, 5.74) is 1.77. The number of halogens is 1. The second-order valence-electron chi connectivity index (χ2n) is 6.70. The molecule has 4 rings (SSSR count). The van der Waals surface area contributed by atoms with Crippen LogP contribution in [0, 0.1) is 10.1 Å². The van der Waals surface area contributed by atoms with E-state index in [-0.39, 0.29) is 10.6 Å². The Labute approximate surface area is 182 Å². The highest BCUT2D eigenvalue weighted by molar-refractivity contribution is 9.10. The average molecular weight is 472 g/mol. The van der Waals surface area contributed by atoms with Gasteiger partial charge >= 0.3 is 0 Å². The molecule has 1 saturated heterocycles. The normalized spacial score (nSPS) is 14.1. The molecular weight excluding hydrogens is 454 g/mol. The molecule has 2 aromatic carbocycles. The monoisotopic (exact) mass is 471 g/mol. The Morgan fingerprint density at radius 2 is 1.69 bits per heavy atom. The largest absolute Gasteiger partial charge is 0.454 e. The van der Waals surface area contributed by atoms with Crippen LogP contribution in [0.1, 0.15) is 5.76 Å². The molecule has 1 fully saturated rings. The van der Waals surface area contributed by atoms with Crippen LogP contribution in [-0.4, -0.2) is 41.0 Å². The van der Waals surface area contributed by atoms with Gasteiger partial charge in [-0.05, 0) is 30.3 Å². The summed E-state index contributed by atoms with van der Waals surface area (Å²) in [6.45, 7) is 2.68. The van der Waals surface area contributed by atoms with Crippen LogP contribution in [0.15, 0.2) is 69.6 Å². The first-order valence-corrected chi connectivity index (χ1v) is 10.4. The highest BCUT2D eigenvalue weighted by Crippen LogP contribution is 2.29. The molecule has 0 radical (unpaired) electrons. The van der Waals surface area contributed by atoms with Crippen LogP contribution in [0.5, 0.6) is 0 Å². The fraction of sp³-hybridized carbons (Fsp3) is 0.190. The smallest absolute Gasteiger partial charge is 0.292 e. The zero-order valence-corrected chi connectivity index (χ0v) is 17.9. The first kappa shape index (κ1) is 19.6. The van der Waals surface area contributed by atoms with Crippen molar-refractivity contribution >= 4 is 44.5 Å². The van der Waals surface area contributed by atoms with Gasteiger partial charge in [0.05, 0.1) is 4.92 Å². The molecule has 6 nitrogen and oxygen atoms in total. The highest BCUT2D eigenvalue weighted by atomic mass is 79.9. The van der Waals surface area contributed by atoms with Crippen LogP contribution in [0.3, 0.4) is 0 Å². The molecule has 0 bridgehead atoms. The Morgan fingerprint density at radius 3 is 2.38 bits per heavy atom. The van der Waals surface area contributed by atoms with Crippen molar-refractivity contribution in [3.63, 3.8) is 0 Å². The molecule has 0 amide bonds. The topological polar surface area (TPSA) is 62.8 Å². The van der Waals surface area contributed by atoms with Gasteiger partial charge in [0.2, 0.25) is 0 Å². The fourth-order valence-electron chi connectivity index (χ4n) is 3.41. The van der Waals surface area contributed by atoms with Crippen molar-refractivity contribution in [1.29, 1.82) is 0 Å². The van der Waals surface area contributed by atoms with E-state index < -0.39 is 0 Å². The summed E-state index contributed by atoms with van der Waals surface area (Å²) >= 11 is 9.08. The number of anilines is 1. The second kappa shape index (κ2) is 8.34. The van der Waals surface area contributed by atoms with Crippen LogP contribution in [-0.2, 0) is 0 Å². The molecule has 2 heterocycles. The van der Waals surface area contributed by atoms with E-state index in [2.05, 4.69) is 20.8 Å². The van der Waals surface area contributed by atoms with E-state index >= 15 is 0 Å². The summed E-state index contributed by atoms with van der Waals surface area (Å²) in [5, 5.41) is 11.3. The Morgan fingerprint density at radius 1 is 1.00 bits per heavy atom. The lowest BCUT2D eigenvalue weighted by molar-refractivity contribution is -0.384. The van der Waals surface area contributed by atoms with Crippen LogP contribution in [0.2, 0.25) is 0 Å². The minimum Gasteiger partial charge on any atom is -0.454 e. The number of nitro benzene ring substituents is 1. The molecule has 148 valence electrons. The minimum atomic E-state index is -0.334. The molecule has 3 aromatic rings. The van der Waals surface area contributed by atoms with Crippen LogP contribution < -0.4 is 4.90 Å². The van der Waals surface area contributed by atoms with Crippen molar-refractivity contribution < 1.29 is 9.34 Å². The number of benzene rings is 2. The van der Waals surface area contributed by atoms with Crippen molar-refractivity contribution in [1.82, 2.24) is 4.90 Å². The number of rotatable bonds is 4. The number of hydrogen-bond donors (Lipinski definition) is 0. The highest BCUT2D eigenvalue weighted by Gasteiger charge is 2.25. The van der Waals surface area contributed by atoms with E-state index in [1.54, 1.807) is 18.2 Å². The molecule has 0 N–H and O–H groups in total. The van der Waals surface area contributed by atoms with Gasteiger partial charge in [-0.3, -0.25) is 10.1 Å². The maximum atomic E-state index is 11.3. The van der Waals surface area contributed by atoms with Gasteiger partial charge in [-0.25, -0.2) is 0 Å². The number of para-hydroxylation sites is 2. The van der Waals surface area contributed by atoms with Gasteiger partial charge in [-0.1, -0.05) is 52.4 Å². The average Bonchev–Trinajstić information content (AvgIpc) is 3.24. The summed E-state index contributed by atoms with van der Waals surface area (Å²) < 4.78 is 7.00. The van der Waals surface area contributed by atoms with E-state index in [0.29, 0.717) is 42.6 Å². The molecule has 0 atom stereocenters. The summed E-state index contributed by atoms with van der Waals surface area (Å²) in [6.07, 6.45) is 0. The van der Waals surface area contributed by atoms with Gasteiger partial charge in [0.25, 0.3) is 5.69 Å². The lowest BCUT2D eigenvalue weighted by atomic mass is 10.2. The molecule has 0 spiro atoms. The Balaban J connectivity index is 1.43. The Bertz CT molecular complexity index is 1040. The Kier molecular flexibility index (Phi) is 5.64. The summed E-state index contributed by atoms with van der Waals surface area (Å²) in [7, 11) is 0. The standard InChI is InChI=1S/C21H18BrN3O3S/c22-16-7-5-15(6-8-16)19-9-10-20(28-19)21(29)24-13-11-23(12-14-24)17-3-1-2-4-18(17)25(26)27/h1-10H,11-14H2. The molecule has 0 aliphatic carbocycles. The fourth-order valence-corrected chi connectivity index (χ4v) is 3.97. The van der Waals surface area contributed by atoms with Gasteiger partial charge in [-0.2, -0.15) is 0 Å². The SMILES string of the molecule is O=[N+]([O-])c1ccccc1N1CCN(C(=S)c2ccc(-c3ccc(Br)cc3)o2)CC1. The molecule has 1 aromatic heterocycles. The van der Waals surface area contributed by atoms with Gasteiger partial charge < -0.3 is 14.2 Å². The van der Waals surface area contributed by atoms with Gasteiger partial charge in [0.15, 0.2) is 5.76 Å². The maximum Gasteiger partial charge on any atom is 0.292 e. The Hall–Kier alpha value is -2.71. The number of nitro groups is 1.